The SMILES string of the molecule is CC(O)(O)C(N)CCN. The summed E-state index contributed by atoms with van der Waals surface area (Å²) < 4.78 is 0. The number of hydrogen-bond acceptors (Lipinski definition) is 4. The largest absolute Gasteiger partial charge is 0.365 e. The minimum atomic E-state index is -1.79. The van der Waals surface area contributed by atoms with Crippen molar-refractivity contribution in [2.24, 2.45) is 11.5 Å². The summed E-state index contributed by atoms with van der Waals surface area (Å²) in [7, 11) is 0. The second-order valence-corrected chi connectivity index (χ2v) is 2.28. The summed E-state index contributed by atoms with van der Waals surface area (Å²) in [5, 5.41) is 17.6. The van der Waals surface area contributed by atoms with Crippen LogP contribution in [0.1, 0.15) is 13.3 Å². The first-order valence-corrected chi connectivity index (χ1v) is 2.89. The Bertz CT molecular complexity index is 79.5. The third-order valence-corrected chi connectivity index (χ3v) is 1.18. The molecule has 0 heterocycles. The zero-order valence-electron chi connectivity index (χ0n) is 5.54. The summed E-state index contributed by atoms with van der Waals surface area (Å²) in [5.74, 6) is -1.79. The van der Waals surface area contributed by atoms with Gasteiger partial charge < -0.3 is 21.7 Å². The molecule has 1 atom stereocenters. The lowest BCUT2D eigenvalue weighted by Crippen LogP contribution is -2.46. The minimum Gasteiger partial charge on any atom is -0.365 e. The highest BCUT2D eigenvalue weighted by Gasteiger charge is 2.23. The van der Waals surface area contributed by atoms with E-state index < -0.39 is 11.8 Å². The van der Waals surface area contributed by atoms with Crippen LogP contribution in [-0.4, -0.2) is 28.6 Å². The van der Waals surface area contributed by atoms with Crippen LogP contribution < -0.4 is 11.5 Å². The molecule has 56 valence electrons. The third kappa shape index (κ3) is 3.42. The average Bonchev–Trinajstić information content (AvgIpc) is 1.64. The molecule has 6 N–H and O–H groups in total. The van der Waals surface area contributed by atoms with Gasteiger partial charge in [-0.05, 0) is 19.9 Å². The number of aliphatic hydroxyl groups is 2. The van der Waals surface area contributed by atoms with Gasteiger partial charge in [0.25, 0.3) is 0 Å². The van der Waals surface area contributed by atoms with Crippen molar-refractivity contribution in [3.05, 3.63) is 0 Å². The summed E-state index contributed by atoms with van der Waals surface area (Å²) in [5.41, 5.74) is 10.4. The zero-order valence-corrected chi connectivity index (χ0v) is 5.54. The van der Waals surface area contributed by atoms with Crippen LogP contribution in [0.25, 0.3) is 0 Å². The molecule has 0 aromatic carbocycles. The first-order chi connectivity index (χ1) is 3.98. The molecule has 0 aliphatic heterocycles. The van der Waals surface area contributed by atoms with E-state index in [0.717, 1.165) is 0 Å². The van der Waals surface area contributed by atoms with Gasteiger partial charge >= 0.3 is 0 Å². The maximum Gasteiger partial charge on any atom is 0.175 e. The van der Waals surface area contributed by atoms with Crippen molar-refractivity contribution in [1.29, 1.82) is 0 Å². The van der Waals surface area contributed by atoms with Crippen molar-refractivity contribution in [1.82, 2.24) is 0 Å². The molecular weight excluding hydrogens is 120 g/mol. The van der Waals surface area contributed by atoms with E-state index in [1.807, 2.05) is 0 Å². The maximum absolute atomic E-state index is 8.79. The highest BCUT2D eigenvalue weighted by molar-refractivity contribution is 4.73. The van der Waals surface area contributed by atoms with Crippen LogP contribution >= 0.6 is 0 Å². The lowest BCUT2D eigenvalue weighted by Gasteiger charge is -2.23. The summed E-state index contributed by atoms with van der Waals surface area (Å²) in [6.45, 7) is 1.62. The molecule has 0 aliphatic carbocycles. The highest BCUT2D eigenvalue weighted by Crippen LogP contribution is 2.04. The van der Waals surface area contributed by atoms with Gasteiger partial charge in [-0.2, -0.15) is 0 Å². The maximum atomic E-state index is 8.79. The van der Waals surface area contributed by atoms with Crippen LogP contribution in [0.5, 0.6) is 0 Å². The van der Waals surface area contributed by atoms with Gasteiger partial charge in [-0.3, -0.25) is 0 Å². The predicted octanol–water partition coefficient (Wildman–Crippen LogP) is -1.64. The Morgan fingerprint density at radius 1 is 1.56 bits per heavy atom. The van der Waals surface area contributed by atoms with Crippen molar-refractivity contribution in [3.8, 4) is 0 Å². The smallest absolute Gasteiger partial charge is 0.175 e. The van der Waals surface area contributed by atoms with E-state index in [1.54, 1.807) is 0 Å². The first kappa shape index (κ1) is 8.84. The second kappa shape index (κ2) is 3.12. The standard InChI is InChI=1S/C5H14N2O2/c1-5(8,9)4(7)2-3-6/h4,8-9H,2-3,6-7H2,1H3. The summed E-state index contributed by atoms with van der Waals surface area (Å²) in [4.78, 5) is 0. The van der Waals surface area contributed by atoms with E-state index in [-0.39, 0.29) is 0 Å². The lowest BCUT2D eigenvalue weighted by molar-refractivity contribution is -0.161. The quantitative estimate of drug-likeness (QED) is 0.348. The predicted molar refractivity (Wildman–Crippen MR) is 34.5 cm³/mol. The molecule has 0 radical (unpaired) electrons. The van der Waals surface area contributed by atoms with Gasteiger partial charge in [0.2, 0.25) is 0 Å². The lowest BCUT2D eigenvalue weighted by atomic mass is 10.1. The van der Waals surface area contributed by atoms with Gasteiger partial charge in [0.05, 0.1) is 6.04 Å². The molecule has 1 unspecified atom stereocenters. The highest BCUT2D eigenvalue weighted by atomic mass is 16.5. The summed E-state index contributed by atoms with van der Waals surface area (Å²) in [6, 6.07) is -0.650. The van der Waals surface area contributed by atoms with Gasteiger partial charge in [-0.1, -0.05) is 0 Å². The van der Waals surface area contributed by atoms with E-state index in [4.69, 9.17) is 21.7 Å². The summed E-state index contributed by atoms with van der Waals surface area (Å²) in [6.07, 6.45) is 0.420. The molecule has 0 saturated heterocycles. The minimum absolute atomic E-state index is 0.373. The summed E-state index contributed by atoms with van der Waals surface area (Å²) >= 11 is 0. The normalized spacial score (nSPS) is 15.7. The van der Waals surface area contributed by atoms with Crippen LogP contribution in [0.15, 0.2) is 0 Å². The van der Waals surface area contributed by atoms with Gasteiger partial charge in [-0.15, -0.1) is 0 Å². The number of hydrogen-bond donors (Lipinski definition) is 4. The molecule has 0 bridgehead atoms. The molecule has 0 spiro atoms. The Morgan fingerprint density at radius 2 is 2.00 bits per heavy atom. The van der Waals surface area contributed by atoms with E-state index in [9.17, 15) is 0 Å². The fourth-order valence-electron chi connectivity index (χ4n) is 0.453. The third-order valence-electron chi connectivity index (χ3n) is 1.18. The van der Waals surface area contributed by atoms with Crippen LogP contribution in [-0.2, 0) is 0 Å². The fraction of sp³-hybridized carbons (Fsp3) is 1.00. The number of rotatable bonds is 3. The molecule has 0 aromatic rings. The van der Waals surface area contributed by atoms with Gasteiger partial charge in [0, 0.05) is 0 Å². The van der Waals surface area contributed by atoms with Crippen molar-refractivity contribution in [3.63, 3.8) is 0 Å². The molecule has 0 aliphatic rings. The van der Waals surface area contributed by atoms with Gasteiger partial charge in [0.1, 0.15) is 0 Å². The Balaban J connectivity index is 3.59. The number of nitrogens with two attached hydrogens (primary N) is 2. The molecule has 0 fully saturated rings. The second-order valence-electron chi connectivity index (χ2n) is 2.28. The van der Waals surface area contributed by atoms with Gasteiger partial charge in [-0.25, -0.2) is 0 Å². The monoisotopic (exact) mass is 134 g/mol. The first-order valence-electron chi connectivity index (χ1n) is 2.89. The van der Waals surface area contributed by atoms with E-state index in [2.05, 4.69) is 0 Å². The Kier molecular flexibility index (Phi) is 3.07. The Labute approximate surface area is 54.5 Å². The average molecular weight is 134 g/mol. The van der Waals surface area contributed by atoms with Crippen LogP contribution in [0.4, 0.5) is 0 Å². The van der Waals surface area contributed by atoms with E-state index >= 15 is 0 Å². The Morgan fingerprint density at radius 3 is 2.11 bits per heavy atom. The zero-order chi connectivity index (χ0) is 7.49. The van der Waals surface area contributed by atoms with Gasteiger partial charge in [0.15, 0.2) is 5.79 Å². The molecule has 0 amide bonds. The molecule has 9 heavy (non-hydrogen) atoms. The van der Waals surface area contributed by atoms with Crippen molar-refractivity contribution in [2.45, 2.75) is 25.2 Å². The molecule has 0 aromatic heterocycles. The van der Waals surface area contributed by atoms with Crippen molar-refractivity contribution in [2.75, 3.05) is 6.54 Å². The van der Waals surface area contributed by atoms with Crippen molar-refractivity contribution < 1.29 is 10.2 Å². The fourth-order valence-corrected chi connectivity index (χ4v) is 0.453. The topological polar surface area (TPSA) is 92.5 Å². The van der Waals surface area contributed by atoms with E-state index in [1.165, 1.54) is 6.92 Å². The molecule has 0 saturated carbocycles. The van der Waals surface area contributed by atoms with E-state index in [0.29, 0.717) is 13.0 Å². The molecule has 4 heteroatoms. The molecule has 4 nitrogen and oxygen atoms in total. The Hall–Kier alpha value is -0.160. The molecular formula is C5H14N2O2. The van der Waals surface area contributed by atoms with Crippen molar-refractivity contribution >= 4 is 0 Å². The van der Waals surface area contributed by atoms with Crippen LogP contribution in [0.3, 0.4) is 0 Å². The molecule has 0 rings (SSSR count). The van der Waals surface area contributed by atoms with Crippen LogP contribution in [0, 0.1) is 0 Å². The van der Waals surface area contributed by atoms with Crippen LogP contribution in [0.2, 0.25) is 0 Å².